The Morgan fingerprint density at radius 3 is 2.92 bits per heavy atom. The maximum absolute atomic E-state index is 11.1. The highest BCUT2D eigenvalue weighted by atomic mass is 16.4. The van der Waals surface area contributed by atoms with Gasteiger partial charge in [0.2, 0.25) is 0 Å². The Kier molecular flexibility index (Phi) is 1.72. The number of rotatable bonds is 1. The van der Waals surface area contributed by atoms with Gasteiger partial charge in [-0.05, 0) is 24.1 Å². The predicted octanol–water partition coefficient (Wildman–Crippen LogP) is 1.69. The van der Waals surface area contributed by atoms with E-state index in [9.17, 15) is 4.79 Å². The van der Waals surface area contributed by atoms with E-state index in [1.165, 1.54) is 10.1 Å². The van der Waals surface area contributed by atoms with Gasteiger partial charge in [-0.1, -0.05) is 13.0 Å². The summed E-state index contributed by atoms with van der Waals surface area (Å²) in [6.45, 7) is 2.07. The minimum absolute atomic E-state index is 0.303. The first kappa shape index (κ1) is 8.10. The van der Waals surface area contributed by atoms with E-state index in [1.807, 2.05) is 18.2 Å². The van der Waals surface area contributed by atoms with E-state index in [4.69, 9.17) is 4.42 Å². The summed E-state index contributed by atoms with van der Waals surface area (Å²) in [7, 11) is 1.71. The fraction of sp³-hybridized carbons (Fsp3) is 0.300. The number of nitrogens with zero attached hydrogens (tertiary/aromatic N) is 1. The van der Waals surface area contributed by atoms with Crippen LogP contribution in [0.5, 0.6) is 0 Å². The van der Waals surface area contributed by atoms with E-state index >= 15 is 0 Å². The van der Waals surface area contributed by atoms with Crippen molar-refractivity contribution in [2.24, 2.45) is 7.05 Å². The Bertz CT molecular complexity index is 493. The van der Waals surface area contributed by atoms with Gasteiger partial charge in [-0.2, -0.15) is 0 Å². The maximum atomic E-state index is 11.1. The SMILES string of the molecule is CCc1ccc2c(c1)oc(=O)n2C. The van der Waals surface area contributed by atoms with Crippen LogP contribution in [0, 0.1) is 0 Å². The number of oxazole rings is 1. The third-order valence-corrected chi connectivity index (χ3v) is 2.26. The molecule has 1 heterocycles. The molecule has 2 aromatic rings. The Balaban J connectivity index is 2.80. The first-order valence-electron chi connectivity index (χ1n) is 4.31. The van der Waals surface area contributed by atoms with Crippen LogP contribution in [-0.2, 0) is 13.5 Å². The quantitative estimate of drug-likeness (QED) is 0.664. The van der Waals surface area contributed by atoms with Crippen molar-refractivity contribution in [2.75, 3.05) is 0 Å². The zero-order chi connectivity index (χ0) is 9.42. The van der Waals surface area contributed by atoms with Crippen molar-refractivity contribution in [3.8, 4) is 0 Å². The normalized spacial score (nSPS) is 10.9. The van der Waals surface area contributed by atoms with Gasteiger partial charge in [-0.15, -0.1) is 0 Å². The van der Waals surface area contributed by atoms with Crippen LogP contribution in [0.2, 0.25) is 0 Å². The van der Waals surface area contributed by atoms with Gasteiger partial charge in [0.15, 0.2) is 5.58 Å². The molecule has 0 aliphatic carbocycles. The minimum Gasteiger partial charge on any atom is -0.408 e. The molecule has 0 unspecified atom stereocenters. The third-order valence-electron chi connectivity index (χ3n) is 2.26. The molecule has 1 aromatic heterocycles. The van der Waals surface area contributed by atoms with Crippen molar-refractivity contribution in [2.45, 2.75) is 13.3 Å². The second-order valence-electron chi connectivity index (χ2n) is 3.08. The van der Waals surface area contributed by atoms with Crippen LogP contribution in [-0.4, -0.2) is 4.57 Å². The molecule has 0 N–H and O–H groups in total. The molecule has 0 spiro atoms. The number of benzene rings is 1. The lowest BCUT2D eigenvalue weighted by Gasteiger charge is -1.95. The summed E-state index contributed by atoms with van der Waals surface area (Å²) in [4.78, 5) is 11.1. The molecule has 0 saturated heterocycles. The number of fused-ring (bicyclic) bond motifs is 1. The molecule has 0 atom stereocenters. The van der Waals surface area contributed by atoms with Crippen molar-refractivity contribution < 1.29 is 4.42 Å². The Hall–Kier alpha value is -1.51. The molecular weight excluding hydrogens is 166 g/mol. The number of aryl methyl sites for hydroxylation is 2. The predicted molar refractivity (Wildman–Crippen MR) is 50.8 cm³/mol. The van der Waals surface area contributed by atoms with Crippen LogP contribution in [0.1, 0.15) is 12.5 Å². The number of aromatic nitrogens is 1. The first-order valence-corrected chi connectivity index (χ1v) is 4.31. The van der Waals surface area contributed by atoms with Crippen LogP contribution < -0.4 is 5.76 Å². The van der Waals surface area contributed by atoms with Gasteiger partial charge < -0.3 is 4.42 Å². The molecule has 0 bridgehead atoms. The average Bonchev–Trinajstić information content (AvgIpc) is 2.42. The summed E-state index contributed by atoms with van der Waals surface area (Å²) in [6.07, 6.45) is 0.953. The number of hydrogen-bond acceptors (Lipinski definition) is 2. The lowest BCUT2D eigenvalue weighted by atomic mass is 10.1. The lowest BCUT2D eigenvalue weighted by molar-refractivity contribution is 0.528. The first-order chi connectivity index (χ1) is 6.22. The second kappa shape index (κ2) is 2.76. The van der Waals surface area contributed by atoms with Crippen LogP contribution in [0.3, 0.4) is 0 Å². The van der Waals surface area contributed by atoms with Crippen LogP contribution >= 0.6 is 0 Å². The van der Waals surface area contributed by atoms with Gasteiger partial charge >= 0.3 is 5.76 Å². The molecule has 13 heavy (non-hydrogen) atoms. The van der Waals surface area contributed by atoms with E-state index < -0.39 is 0 Å². The van der Waals surface area contributed by atoms with Crippen LogP contribution in [0.15, 0.2) is 27.4 Å². The second-order valence-corrected chi connectivity index (χ2v) is 3.08. The van der Waals surface area contributed by atoms with E-state index in [0.717, 1.165) is 11.9 Å². The van der Waals surface area contributed by atoms with E-state index in [2.05, 4.69) is 6.92 Å². The highest BCUT2D eigenvalue weighted by Crippen LogP contribution is 2.14. The molecule has 2 rings (SSSR count). The fourth-order valence-electron chi connectivity index (χ4n) is 1.40. The number of hydrogen-bond donors (Lipinski definition) is 0. The van der Waals surface area contributed by atoms with Crippen molar-refractivity contribution in [1.29, 1.82) is 0 Å². The summed E-state index contributed by atoms with van der Waals surface area (Å²) in [5, 5.41) is 0. The molecule has 68 valence electrons. The molecule has 0 fully saturated rings. The summed E-state index contributed by atoms with van der Waals surface area (Å²) in [5.74, 6) is -0.303. The zero-order valence-corrected chi connectivity index (χ0v) is 7.70. The topological polar surface area (TPSA) is 35.1 Å². The van der Waals surface area contributed by atoms with Gasteiger partial charge in [0.05, 0.1) is 5.52 Å². The van der Waals surface area contributed by atoms with E-state index in [-0.39, 0.29) is 5.76 Å². The van der Waals surface area contributed by atoms with Crippen molar-refractivity contribution >= 4 is 11.1 Å². The van der Waals surface area contributed by atoms with Gasteiger partial charge in [0.25, 0.3) is 0 Å². The smallest absolute Gasteiger partial charge is 0.408 e. The van der Waals surface area contributed by atoms with Gasteiger partial charge in [0.1, 0.15) is 0 Å². The monoisotopic (exact) mass is 177 g/mol. The van der Waals surface area contributed by atoms with Crippen LogP contribution in [0.25, 0.3) is 11.1 Å². The molecule has 3 nitrogen and oxygen atoms in total. The largest absolute Gasteiger partial charge is 0.419 e. The molecule has 0 aliphatic rings. The highest BCUT2D eigenvalue weighted by Gasteiger charge is 2.04. The molecule has 0 saturated carbocycles. The summed E-state index contributed by atoms with van der Waals surface area (Å²) in [6, 6.07) is 5.84. The maximum Gasteiger partial charge on any atom is 0.419 e. The standard InChI is InChI=1S/C10H11NO2/c1-3-7-4-5-8-9(6-7)13-10(12)11(8)2/h4-6H,3H2,1-2H3. The van der Waals surface area contributed by atoms with Crippen molar-refractivity contribution in [3.63, 3.8) is 0 Å². The molecule has 0 radical (unpaired) electrons. The lowest BCUT2D eigenvalue weighted by Crippen LogP contribution is -2.08. The molecule has 3 heteroatoms. The fourth-order valence-corrected chi connectivity index (χ4v) is 1.40. The molecular formula is C10H11NO2. The highest BCUT2D eigenvalue weighted by molar-refractivity contribution is 5.73. The van der Waals surface area contributed by atoms with Crippen molar-refractivity contribution in [3.05, 3.63) is 34.3 Å². The summed E-state index contributed by atoms with van der Waals surface area (Å²) >= 11 is 0. The van der Waals surface area contributed by atoms with Gasteiger partial charge in [-0.25, -0.2) is 4.79 Å². The molecule has 1 aromatic carbocycles. The van der Waals surface area contributed by atoms with Crippen molar-refractivity contribution in [1.82, 2.24) is 4.57 Å². The Morgan fingerprint density at radius 1 is 1.46 bits per heavy atom. The molecule has 0 aliphatic heterocycles. The van der Waals surface area contributed by atoms with E-state index in [0.29, 0.717) is 5.58 Å². The average molecular weight is 177 g/mol. The minimum atomic E-state index is -0.303. The zero-order valence-electron chi connectivity index (χ0n) is 7.70. The van der Waals surface area contributed by atoms with Gasteiger partial charge in [0, 0.05) is 7.05 Å². The van der Waals surface area contributed by atoms with Gasteiger partial charge in [-0.3, -0.25) is 4.57 Å². The van der Waals surface area contributed by atoms with E-state index in [1.54, 1.807) is 7.05 Å². The van der Waals surface area contributed by atoms with Crippen LogP contribution in [0.4, 0.5) is 0 Å². The summed E-state index contributed by atoms with van der Waals surface area (Å²) < 4.78 is 6.56. The summed E-state index contributed by atoms with van der Waals surface area (Å²) in [5.41, 5.74) is 2.70. The third kappa shape index (κ3) is 1.16. The Labute approximate surface area is 75.6 Å². The molecule has 0 amide bonds. The Morgan fingerprint density at radius 2 is 2.23 bits per heavy atom.